The van der Waals surface area contributed by atoms with Gasteiger partial charge in [0, 0.05) is 12.0 Å². The largest absolute Gasteiger partial charge is 0.490 e. The van der Waals surface area contributed by atoms with Crippen LogP contribution >= 0.6 is 0 Å². The molecule has 1 aliphatic rings. The summed E-state index contributed by atoms with van der Waals surface area (Å²) in [5, 5.41) is 0. The number of nitrogens with two attached hydrogens (primary N) is 1. The number of benzene rings is 1. The van der Waals surface area contributed by atoms with Crippen LogP contribution in [0.3, 0.4) is 0 Å². The van der Waals surface area contributed by atoms with E-state index in [-0.39, 0.29) is 18.0 Å². The van der Waals surface area contributed by atoms with E-state index in [1.807, 2.05) is 6.92 Å². The Balaban J connectivity index is 2.41. The number of rotatable bonds is 1. The average Bonchev–Trinajstić information content (AvgIpc) is 2.17. The van der Waals surface area contributed by atoms with Gasteiger partial charge in [-0.15, -0.1) is 0 Å². The molecule has 0 fully saturated rings. The molecule has 0 unspecified atom stereocenters. The fraction of sp³-hybridized carbons (Fsp3) is 0.400. The van der Waals surface area contributed by atoms with Crippen molar-refractivity contribution in [1.82, 2.24) is 5.43 Å². The van der Waals surface area contributed by atoms with Gasteiger partial charge in [0.15, 0.2) is 0 Å². The first kappa shape index (κ1) is 9.43. The predicted molar refractivity (Wildman–Crippen MR) is 51.2 cm³/mol. The number of ether oxygens (including phenoxy) is 1. The van der Waals surface area contributed by atoms with Gasteiger partial charge in [-0.25, -0.2) is 4.39 Å². The molecule has 76 valence electrons. The highest BCUT2D eigenvalue weighted by Crippen LogP contribution is 2.34. The molecule has 3 nitrogen and oxygen atoms in total. The fourth-order valence-corrected chi connectivity index (χ4v) is 1.78. The van der Waals surface area contributed by atoms with Gasteiger partial charge >= 0.3 is 0 Å². The molecule has 4 heteroatoms. The van der Waals surface area contributed by atoms with Gasteiger partial charge in [-0.2, -0.15) is 0 Å². The van der Waals surface area contributed by atoms with Crippen LogP contribution in [0.15, 0.2) is 18.2 Å². The molecule has 2 atom stereocenters. The van der Waals surface area contributed by atoms with Gasteiger partial charge in [-0.05, 0) is 25.1 Å². The number of halogens is 1. The fourth-order valence-electron chi connectivity index (χ4n) is 1.78. The number of hydrogen-bond acceptors (Lipinski definition) is 3. The van der Waals surface area contributed by atoms with Crippen molar-refractivity contribution in [1.29, 1.82) is 0 Å². The van der Waals surface area contributed by atoms with E-state index in [9.17, 15) is 4.39 Å². The number of nitrogens with one attached hydrogen (secondary N) is 1. The lowest BCUT2D eigenvalue weighted by Crippen LogP contribution is -2.35. The van der Waals surface area contributed by atoms with Crippen molar-refractivity contribution < 1.29 is 9.13 Å². The van der Waals surface area contributed by atoms with E-state index in [4.69, 9.17) is 10.6 Å². The van der Waals surface area contributed by atoms with Crippen molar-refractivity contribution in [3.05, 3.63) is 29.6 Å². The van der Waals surface area contributed by atoms with Crippen molar-refractivity contribution >= 4 is 0 Å². The monoisotopic (exact) mass is 196 g/mol. The maximum absolute atomic E-state index is 13.0. The van der Waals surface area contributed by atoms with Crippen LogP contribution in [-0.4, -0.2) is 6.10 Å². The molecule has 1 aliphatic heterocycles. The van der Waals surface area contributed by atoms with E-state index in [0.717, 1.165) is 12.0 Å². The molecule has 0 aliphatic carbocycles. The minimum Gasteiger partial charge on any atom is -0.490 e. The molecule has 1 aromatic rings. The zero-order valence-electron chi connectivity index (χ0n) is 7.96. The van der Waals surface area contributed by atoms with Gasteiger partial charge in [0.2, 0.25) is 0 Å². The topological polar surface area (TPSA) is 47.3 Å². The first-order chi connectivity index (χ1) is 6.70. The molecule has 0 radical (unpaired) electrons. The summed E-state index contributed by atoms with van der Waals surface area (Å²) < 4.78 is 18.5. The highest BCUT2D eigenvalue weighted by Gasteiger charge is 2.25. The molecule has 2 rings (SSSR count). The molecule has 0 saturated carbocycles. The van der Waals surface area contributed by atoms with Crippen LogP contribution in [0, 0.1) is 5.82 Å². The summed E-state index contributed by atoms with van der Waals surface area (Å²) in [5.74, 6) is 5.86. The van der Waals surface area contributed by atoms with Crippen LogP contribution in [0.25, 0.3) is 0 Å². The van der Waals surface area contributed by atoms with E-state index in [1.54, 1.807) is 6.07 Å². The molecule has 14 heavy (non-hydrogen) atoms. The second-order valence-electron chi connectivity index (χ2n) is 3.57. The minimum atomic E-state index is -0.262. The van der Waals surface area contributed by atoms with E-state index < -0.39 is 0 Å². The van der Waals surface area contributed by atoms with Crippen molar-refractivity contribution in [3.63, 3.8) is 0 Å². The van der Waals surface area contributed by atoms with E-state index in [2.05, 4.69) is 5.43 Å². The van der Waals surface area contributed by atoms with Gasteiger partial charge < -0.3 is 4.74 Å². The molecule has 0 bridgehead atoms. The normalized spacial score (nSPS) is 25.4. The molecule has 1 aromatic carbocycles. The summed E-state index contributed by atoms with van der Waals surface area (Å²) >= 11 is 0. The Morgan fingerprint density at radius 2 is 2.36 bits per heavy atom. The van der Waals surface area contributed by atoms with Gasteiger partial charge in [0.1, 0.15) is 11.6 Å². The highest BCUT2D eigenvalue weighted by atomic mass is 19.1. The Bertz CT molecular complexity index is 343. The summed E-state index contributed by atoms with van der Waals surface area (Å²) in [6, 6.07) is 4.48. The lowest BCUT2D eigenvalue weighted by molar-refractivity contribution is 0.166. The first-order valence-corrected chi connectivity index (χ1v) is 4.63. The van der Waals surface area contributed by atoms with Crippen molar-refractivity contribution in [2.75, 3.05) is 0 Å². The zero-order chi connectivity index (χ0) is 10.1. The predicted octanol–water partition coefficient (Wildman–Crippen LogP) is 1.50. The van der Waals surface area contributed by atoms with Gasteiger partial charge in [0.25, 0.3) is 0 Å². The molecular formula is C10H13FN2O. The molecule has 0 aromatic heterocycles. The number of hydrogen-bond donors (Lipinski definition) is 2. The third-order valence-corrected chi connectivity index (χ3v) is 2.44. The van der Waals surface area contributed by atoms with Crippen LogP contribution in [0.4, 0.5) is 4.39 Å². The smallest absolute Gasteiger partial charge is 0.124 e. The second kappa shape index (κ2) is 3.55. The molecule has 1 heterocycles. The summed E-state index contributed by atoms with van der Waals surface area (Å²) in [5.41, 5.74) is 3.47. The summed E-state index contributed by atoms with van der Waals surface area (Å²) in [6.07, 6.45) is 0.862. The van der Waals surface area contributed by atoms with Crippen LogP contribution in [-0.2, 0) is 0 Å². The van der Waals surface area contributed by atoms with Gasteiger partial charge in [-0.1, -0.05) is 0 Å². The average molecular weight is 196 g/mol. The van der Waals surface area contributed by atoms with Crippen LogP contribution < -0.4 is 16.0 Å². The van der Waals surface area contributed by atoms with Crippen molar-refractivity contribution in [3.8, 4) is 5.75 Å². The van der Waals surface area contributed by atoms with E-state index in [1.165, 1.54) is 12.1 Å². The second-order valence-corrected chi connectivity index (χ2v) is 3.57. The third kappa shape index (κ3) is 1.58. The Morgan fingerprint density at radius 1 is 1.57 bits per heavy atom. The van der Waals surface area contributed by atoms with Crippen LogP contribution in [0.5, 0.6) is 5.75 Å². The van der Waals surface area contributed by atoms with E-state index >= 15 is 0 Å². The zero-order valence-corrected chi connectivity index (χ0v) is 7.96. The third-order valence-electron chi connectivity index (χ3n) is 2.44. The highest BCUT2D eigenvalue weighted by molar-refractivity contribution is 5.38. The quantitative estimate of drug-likeness (QED) is 0.528. The van der Waals surface area contributed by atoms with Crippen molar-refractivity contribution in [2.45, 2.75) is 25.5 Å². The van der Waals surface area contributed by atoms with Crippen LogP contribution in [0.1, 0.15) is 24.9 Å². The Hall–Kier alpha value is -1.13. The Kier molecular flexibility index (Phi) is 2.39. The molecule has 0 amide bonds. The first-order valence-electron chi connectivity index (χ1n) is 4.63. The van der Waals surface area contributed by atoms with E-state index in [0.29, 0.717) is 5.75 Å². The minimum absolute atomic E-state index is 0.0237. The van der Waals surface area contributed by atoms with Gasteiger partial charge in [-0.3, -0.25) is 11.3 Å². The summed E-state index contributed by atoms with van der Waals surface area (Å²) in [7, 11) is 0. The SMILES string of the molecule is C[C@@H]1C[C@@H](NN)c2cc(F)ccc2O1. The summed E-state index contributed by atoms with van der Waals surface area (Å²) in [4.78, 5) is 0. The Labute approximate surface area is 82.0 Å². The molecular weight excluding hydrogens is 183 g/mol. The number of fused-ring (bicyclic) bond motifs is 1. The number of hydrazine groups is 1. The van der Waals surface area contributed by atoms with Gasteiger partial charge in [0.05, 0.1) is 12.1 Å². The standard InChI is InChI=1S/C10H13FN2O/c1-6-4-9(13-12)8-5-7(11)2-3-10(8)14-6/h2-3,5-6,9,13H,4,12H2,1H3/t6-,9-/m1/s1. The summed E-state index contributed by atoms with van der Waals surface area (Å²) in [6.45, 7) is 1.97. The maximum Gasteiger partial charge on any atom is 0.124 e. The molecule has 0 spiro atoms. The maximum atomic E-state index is 13.0. The lowest BCUT2D eigenvalue weighted by atomic mass is 9.97. The molecule has 0 saturated heterocycles. The van der Waals surface area contributed by atoms with Crippen molar-refractivity contribution in [2.24, 2.45) is 5.84 Å². The van der Waals surface area contributed by atoms with Crippen LogP contribution in [0.2, 0.25) is 0 Å². The molecule has 3 N–H and O–H groups in total. The lowest BCUT2D eigenvalue weighted by Gasteiger charge is -2.29. The Morgan fingerprint density at radius 3 is 3.07 bits per heavy atom.